The Labute approximate surface area is 157 Å². The van der Waals surface area contributed by atoms with Crippen molar-refractivity contribution in [1.29, 1.82) is 0 Å². The van der Waals surface area contributed by atoms with Gasteiger partial charge in [-0.05, 0) is 42.0 Å². The van der Waals surface area contributed by atoms with Gasteiger partial charge < -0.3 is 9.88 Å². The second-order valence-corrected chi connectivity index (χ2v) is 6.43. The Morgan fingerprint density at radius 3 is 2.64 bits per heavy atom. The first kappa shape index (κ1) is 18.1. The summed E-state index contributed by atoms with van der Waals surface area (Å²) in [6, 6.07) is 7.51. The first-order chi connectivity index (χ1) is 13.3. The first-order valence-electron chi connectivity index (χ1n) is 8.47. The standard InChI is InChI=1S/C19H14F4N4O/c20-13-6-11(5-12(8-13)19(21,22)23)7-14-9-15(26-10-25-14)16-1-2-17-18(28)24-3-4-27(16)17/h1-2,5-6,8-10H,3-4,7H2,(H,24,28). The van der Waals surface area contributed by atoms with Crippen LogP contribution in [0.1, 0.15) is 27.3 Å². The summed E-state index contributed by atoms with van der Waals surface area (Å²) >= 11 is 0. The van der Waals surface area contributed by atoms with E-state index in [9.17, 15) is 22.4 Å². The number of fused-ring (bicyclic) bond motifs is 1. The first-order valence-corrected chi connectivity index (χ1v) is 8.47. The molecule has 5 nitrogen and oxygen atoms in total. The molecular formula is C19H14F4N4O. The lowest BCUT2D eigenvalue weighted by Crippen LogP contribution is -2.35. The third-order valence-electron chi connectivity index (χ3n) is 4.49. The average Bonchev–Trinajstić information content (AvgIpc) is 3.06. The van der Waals surface area contributed by atoms with E-state index >= 15 is 0 Å². The smallest absolute Gasteiger partial charge is 0.349 e. The summed E-state index contributed by atoms with van der Waals surface area (Å²) < 4.78 is 54.1. The lowest BCUT2D eigenvalue weighted by atomic mass is 10.0. The highest BCUT2D eigenvalue weighted by molar-refractivity contribution is 5.94. The molecule has 28 heavy (non-hydrogen) atoms. The Morgan fingerprint density at radius 2 is 1.86 bits per heavy atom. The maximum Gasteiger partial charge on any atom is 0.416 e. The van der Waals surface area contributed by atoms with Gasteiger partial charge in [0.2, 0.25) is 0 Å². The van der Waals surface area contributed by atoms with Crippen molar-refractivity contribution in [2.45, 2.75) is 19.1 Å². The van der Waals surface area contributed by atoms with Gasteiger partial charge in [0.05, 0.1) is 17.0 Å². The van der Waals surface area contributed by atoms with E-state index in [-0.39, 0.29) is 17.9 Å². The van der Waals surface area contributed by atoms with Crippen LogP contribution in [0.25, 0.3) is 11.4 Å². The fraction of sp³-hybridized carbons (Fsp3) is 0.211. The topological polar surface area (TPSA) is 59.8 Å². The summed E-state index contributed by atoms with van der Waals surface area (Å²) in [7, 11) is 0. The quantitative estimate of drug-likeness (QED) is 0.697. The molecule has 1 aliphatic rings. The van der Waals surface area contributed by atoms with Gasteiger partial charge in [-0.15, -0.1) is 0 Å². The van der Waals surface area contributed by atoms with Gasteiger partial charge in [0.15, 0.2) is 0 Å². The number of nitrogens with zero attached hydrogens (tertiary/aromatic N) is 3. The molecule has 0 radical (unpaired) electrons. The SMILES string of the molecule is O=C1NCCn2c1ccc2-c1cc(Cc2cc(F)cc(C(F)(F)F)c2)ncn1. The van der Waals surface area contributed by atoms with Crippen LogP contribution < -0.4 is 5.32 Å². The van der Waals surface area contributed by atoms with Gasteiger partial charge in [-0.25, -0.2) is 14.4 Å². The van der Waals surface area contributed by atoms with Crippen molar-refractivity contribution in [3.8, 4) is 11.4 Å². The molecule has 0 spiro atoms. The van der Waals surface area contributed by atoms with Crippen LogP contribution in [-0.4, -0.2) is 27.0 Å². The van der Waals surface area contributed by atoms with E-state index < -0.39 is 17.6 Å². The number of halogens is 4. The molecule has 3 aromatic rings. The zero-order valence-electron chi connectivity index (χ0n) is 14.4. The van der Waals surface area contributed by atoms with Crippen LogP contribution in [0.4, 0.5) is 17.6 Å². The zero-order chi connectivity index (χ0) is 19.9. The average molecular weight is 390 g/mol. The molecular weight excluding hydrogens is 376 g/mol. The molecule has 1 aliphatic heterocycles. The molecule has 0 aliphatic carbocycles. The molecule has 1 aromatic carbocycles. The van der Waals surface area contributed by atoms with E-state index in [1.807, 2.05) is 4.57 Å². The molecule has 1 amide bonds. The Balaban J connectivity index is 1.66. The molecule has 0 atom stereocenters. The molecule has 9 heteroatoms. The Morgan fingerprint density at radius 1 is 1.07 bits per heavy atom. The number of nitrogens with one attached hydrogen (secondary N) is 1. The number of alkyl halides is 3. The molecule has 0 unspecified atom stereocenters. The second kappa shape index (κ2) is 6.74. The summed E-state index contributed by atoms with van der Waals surface area (Å²) in [6.07, 6.45) is -3.30. The highest BCUT2D eigenvalue weighted by Gasteiger charge is 2.31. The van der Waals surface area contributed by atoms with Gasteiger partial charge >= 0.3 is 6.18 Å². The van der Waals surface area contributed by atoms with Crippen molar-refractivity contribution in [2.75, 3.05) is 6.54 Å². The van der Waals surface area contributed by atoms with E-state index in [1.54, 1.807) is 18.2 Å². The summed E-state index contributed by atoms with van der Waals surface area (Å²) in [6.45, 7) is 1.08. The Bertz CT molecular complexity index is 1060. The number of aromatic nitrogens is 3. The van der Waals surface area contributed by atoms with Crippen LogP contribution in [0.2, 0.25) is 0 Å². The van der Waals surface area contributed by atoms with Gasteiger partial charge in [0.25, 0.3) is 5.91 Å². The predicted octanol–water partition coefficient (Wildman–Crippen LogP) is 3.44. The molecule has 0 saturated heterocycles. The van der Waals surface area contributed by atoms with E-state index in [0.717, 1.165) is 12.1 Å². The lowest BCUT2D eigenvalue weighted by Gasteiger charge is -2.18. The molecule has 144 valence electrons. The number of rotatable bonds is 3. The second-order valence-electron chi connectivity index (χ2n) is 6.43. The number of hydrogen-bond acceptors (Lipinski definition) is 3. The van der Waals surface area contributed by atoms with Crippen molar-refractivity contribution in [3.05, 3.63) is 71.1 Å². The number of benzene rings is 1. The van der Waals surface area contributed by atoms with Crippen molar-refractivity contribution in [2.24, 2.45) is 0 Å². The fourth-order valence-corrected chi connectivity index (χ4v) is 3.26. The fourth-order valence-electron chi connectivity index (χ4n) is 3.26. The van der Waals surface area contributed by atoms with Gasteiger partial charge in [-0.3, -0.25) is 4.79 Å². The number of amides is 1. The normalized spacial score (nSPS) is 13.9. The van der Waals surface area contributed by atoms with Gasteiger partial charge in [-0.1, -0.05) is 0 Å². The number of carbonyl (C=O) groups is 1. The molecule has 0 saturated carbocycles. The van der Waals surface area contributed by atoms with Crippen LogP contribution >= 0.6 is 0 Å². The van der Waals surface area contributed by atoms with E-state index in [0.29, 0.717) is 41.9 Å². The van der Waals surface area contributed by atoms with Crippen LogP contribution in [0, 0.1) is 5.82 Å². The van der Waals surface area contributed by atoms with Crippen LogP contribution in [0.15, 0.2) is 42.7 Å². The maximum absolute atomic E-state index is 13.6. The maximum atomic E-state index is 13.6. The number of carbonyl (C=O) groups excluding carboxylic acids is 1. The van der Waals surface area contributed by atoms with Gasteiger partial charge in [0.1, 0.15) is 17.8 Å². The van der Waals surface area contributed by atoms with E-state index in [4.69, 9.17) is 0 Å². The predicted molar refractivity (Wildman–Crippen MR) is 92.0 cm³/mol. The summed E-state index contributed by atoms with van der Waals surface area (Å²) in [4.78, 5) is 20.2. The van der Waals surface area contributed by atoms with Crippen LogP contribution in [0.3, 0.4) is 0 Å². The molecule has 0 fully saturated rings. The summed E-state index contributed by atoms with van der Waals surface area (Å²) in [5, 5.41) is 2.75. The van der Waals surface area contributed by atoms with Crippen molar-refractivity contribution in [1.82, 2.24) is 19.9 Å². The van der Waals surface area contributed by atoms with Gasteiger partial charge in [-0.2, -0.15) is 13.2 Å². The highest BCUT2D eigenvalue weighted by Crippen LogP contribution is 2.31. The largest absolute Gasteiger partial charge is 0.416 e. The molecule has 3 heterocycles. The Kier molecular flexibility index (Phi) is 4.37. The lowest BCUT2D eigenvalue weighted by molar-refractivity contribution is -0.137. The molecule has 2 aromatic heterocycles. The molecule has 0 bridgehead atoms. The third kappa shape index (κ3) is 3.47. The Hall–Kier alpha value is -3.23. The van der Waals surface area contributed by atoms with Crippen molar-refractivity contribution < 1.29 is 22.4 Å². The van der Waals surface area contributed by atoms with E-state index in [1.165, 1.54) is 6.33 Å². The minimum Gasteiger partial charge on any atom is -0.349 e. The summed E-state index contributed by atoms with van der Waals surface area (Å²) in [5.41, 5.74) is 1.33. The minimum atomic E-state index is -4.63. The summed E-state index contributed by atoms with van der Waals surface area (Å²) in [5.74, 6) is -1.13. The van der Waals surface area contributed by atoms with Crippen LogP contribution in [-0.2, 0) is 19.1 Å². The van der Waals surface area contributed by atoms with Gasteiger partial charge in [0, 0.05) is 25.2 Å². The van der Waals surface area contributed by atoms with Crippen LogP contribution in [0.5, 0.6) is 0 Å². The monoisotopic (exact) mass is 390 g/mol. The number of hydrogen-bond donors (Lipinski definition) is 1. The molecule has 4 rings (SSSR count). The highest BCUT2D eigenvalue weighted by atomic mass is 19.4. The van der Waals surface area contributed by atoms with E-state index in [2.05, 4.69) is 15.3 Å². The third-order valence-corrected chi connectivity index (χ3v) is 4.49. The molecule has 1 N–H and O–H groups in total. The van der Waals surface area contributed by atoms with Crippen molar-refractivity contribution in [3.63, 3.8) is 0 Å². The minimum absolute atomic E-state index is 0.0183. The zero-order valence-corrected chi connectivity index (χ0v) is 14.4. The van der Waals surface area contributed by atoms with Crippen molar-refractivity contribution >= 4 is 5.91 Å².